The zero-order valence-electron chi connectivity index (χ0n) is 17.5. The lowest BCUT2D eigenvalue weighted by atomic mass is 9.80. The molecule has 4 rings (SSSR count). The molecule has 1 atom stereocenters. The molecule has 4 aromatic carbocycles. The Hall–Kier alpha value is -3.40. The lowest BCUT2D eigenvalue weighted by Crippen LogP contribution is -2.42. The third-order valence-electron chi connectivity index (χ3n) is 5.47. The average Bonchev–Trinajstić information content (AvgIpc) is 2.84. The molecule has 0 unspecified atom stereocenters. The van der Waals surface area contributed by atoms with Crippen molar-refractivity contribution in [1.82, 2.24) is 0 Å². The molecule has 0 spiro atoms. The topological polar surface area (TPSA) is 52.3 Å². The van der Waals surface area contributed by atoms with Gasteiger partial charge >= 0.3 is 5.97 Å². The van der Waals surface area contributed by atoms with E-state index in [9.17, 15) is 4.79 Å². The minimum absolute atomic E-state index is 0.377. The summed E-state index contributed by atoms with van der Waals surface area (Å²) in [6, 6.07) is 35.6. The van der Waals surface area contributed by atoms with E-state index in [-0.39, 0.29) is 0 Å². The highest BCUT2D eigenvalue weighted by atomic mass is 35.5. The van der Waals surface area contributed by atoms with E-state index in [1.165, 1.54) is 0 Å². The van der Waals surface area contributed by atoms with Crippen LogP contribution < -0.4 is 5.73 Å². The van der Waals surface area contributed by atoms with Crippen LogP contribution in [0.4, 0.5) is 0 Å². The Balaban J connectivity index is 1.83. The zero-order chi connectivity index (χ0) is 22.4. The maximum atomic E-state index is 13.4. The number of halogens is 1. The summed E-state index contributed by atoms with van der Waals surface area (Å²) in [5.41, 5.74) is 8.31. The summed E-state index contributed by atoms with van der Waals surface area (Å²) in [5.74, 6) is -0.499. The molecule has 0 saturated carbocycles. The van der Waals surface area contributed by atoms with Crippen molar-refractivity contribution >= 4 is 17.6 Å². The first kappa shape index (κ1) is 21.8. The van der Waals surface area contributed by atoms with Gasteiger partial charge in [-0.1, -0.05) is 121 Å². The van der Waals surface area contributed by atoms with Gasteiger partial charge in [0.1, 0.15) is 6.04 Å². The third kappa shape index (κ3) is 4.45. The molecule has 0 fully saturated rings. The Kier molecular flexibility index (Phi) is 6.69. The van der Waals surface area contributed by atoms with Crippen molar-refractivity contribution in [1.29, 1.82) is 0 Å². The van der Waals surface area contributed by atoms with Crippen LogP contribution in [0.1, 0.15) is 22.3 Å². The number of esters is 1. The number of carbonyl (C=O) groups excluding carboxylic acids is 1. The van der Waals surface area contributed by atoms with E-state index in [2.05, 4.69) is 0 Å². The third-order valence-corrected chi connectivity index (χ3v) is 5.80. The largest absolute Gasteiger partial charge is 0.443 e. The quantitative estimate of drug-likeness (QED) is 0.293. The summed E-state index contributed by atoms with van der Waals surface area (Å²) in [6.45, 7) is 0. The van der Waals surface area contributed by atoms with Crippen LogP contribution in [0.15, 0.2) is 115 Å². The van der Waals surface area contributed by atoms with E-state index in [0.29, 0.717) is 17.0 Å². The second-order valence-corrected chi connectivity index (χ2v) is 8.02. The Morgan fingerprint density at radius 1 is 0.750 bits per heavy atom. The van der Waals surface area contributed by atoms with Crippen LogP contribution in [0, 0.1) is 0 Å². The van der Waals surface area contributed by atoms with Crippen LogP contribution in [0.3, 0.4) is 0 Å². The number of rotatable bonds is 7. The van der Waals surface area contributed by atoms with Crippen LogP contribution in [0.25, 0.3) is 0 Å². The molecule has 0 aliphatic carbocycles. The van der Waals surface area contributed by atoms with E-state index in [1.807, 2.05) is 109 Å². The van der Waals surface area contributed by atoms with Crippen LogP contribution in [-0.2, 0) is 21.6 Å². The molecule has 0 heterocycles. The second kappa shape index (κ2) is 9.82. The fourth-order valence-electron chi connectivity index (χ4n) is 3.92. The van der Waals surface area contributed by atoms with Gasteiger partial charge in [0.05, 0.1) is 0 Å². The van der Waals surface area contributed by atoms with Gasteiger partial charge in [0.15, 0.2) is 5.60 Å². The van der Waals surface area contributed by atoms with E-state index in [0.717, 1.165) is 16.7 Å². The van der Waals surface area contributed by atoms with Gasteiger partial charge in [-0.05, 0) is 18.1 Å². The standard InChI is InChI=1S/C28H24ClNO2/c29-25-19-11-10-18-24(25)28(22-14-6-2-7-15-22,23-16-8-3-9-17-23)32-27(31)26(30)20-21-12-4-1-5-13-21/h1-19,26H,20,30H2/t26-/m1/s1. The van der Waals surface area contributed by atoms with Gasteiger partial charge in [-0.2, -0.15) is 0 Å². The average molecular weight is 442 g/mol. The number of ether oxygens (including phenoxy) is 1. The lowest BCUT2D eigenvalue weighted by molar-refractivity contribution is -0.155. The Bertz CT molecular complexity index is 1120. The number of hydrogen-bond donors (Lipinski definition) is 1. The Labute approximate surface area is 193 Å². The van der Waals surface area contributed by atoms with Crippen LogP contribution in [0.2, 0.25) is 5.02 Å². The molecule has 0 amide bonds. The Morgan fingerprint density at radius 2 is 1.22 bits per heavy atom. The van der Waals surface area contributed by atoms with Crippen molar-refractivity contribution in [2.45, 2.75) is 18.1 Å². The minimum atomic E-state index is -1.24. The molecule has 4 heteroatoms. The normalized spacial score (nSPS) is 12.2. The van der Waals surface area contributed by atoms with Gasteiger partial charge in [0.25, 0.3) is 0 Å². The summed E-state index contributed by atoms with van der Waals surface area (Å²) >= 11 is 6.68. The number of nitrogens with two attached hydrogens (primary N) is 1. The molecular weight excluding hydrogens is 418 g/mol. The van der Waals surface area contributed by atoms with Crippen LogP contribution in [0.5, 0.6) is 0 Å². The van der Waals surface area contributed by atoms with Gasteiger partial charge in [-0.3, -0.25) is 4.79 Å². The van der Waals surface area contributed by atoms with E-state index < -0.39 is 17.6 Å². The first-order valence-electron chi connectivity index (χ1n) is 10.5. The summed E-state index contributed by atoms with van der Waals surface area (Å²) in [7, 11) is 0. The maximum Gasteiger partial charge on any atom is 0.324 e. The first-order valence-corrected chi connectivity index (χ1v) is 10.9. The minimum Gasteiger partial charge on any atom is -0.443 e. The number of carbonyl (C=O) groups is 1. The van der Waals surface area contributed by atoms with E-state index in [4.69, 9.17) is 22.1 Å². The fraction of sp³-hybridized carbons (Fsp3) is 0.107. The van der Waals surface area contributed by atoms with Crippen molar-refractivity contribution in [2.24, 2.45) is 5.73 Å². The maximum absolute atomic E-state index is 13.4. The van der Waals surface area contributed by atoms with Crippen molar-refractivity contribution in [2.75, 3.05) is 0 Å². The fourth-order valence-corrected chi connectivity index (χ4v) is 4.19. The first-order chi connectivity index (χ1) is 15.6. The van der Waals surface area contributed by atoms with Gasteiger partial charge in [0.2, 0.25) is 0 Å². The van der Waals surface area contributed by atoms with E-state index in [1.54, 1.807) is 6.07 Å². The molecule has 160 valence electrons. The molecule has 0 aliphatic heterocycles. The van der Waals surface area contributed by atoms with Crippen molar-refractivity contribution < 1.29 is 9.53 Å². The SMILES string of the molecule is N[C@H](Cc1ccccc1)C(=O)OC(c1ccccc1)(c1ccccc1)c1ccccc1Cl. The lowest BCUT2D eigenvalue weighted by Gasteiger charge is -2.36. The summed E-state index contributed by atoms with van der Waals surface area (Å²) < 4.78 is 6.36. The number of benzene rings is 4. The van der Waals surface area contributed by atoms with Gasteiger partial charge in [-0.25, -0.2) is 0 Å². The van der Waals surface area contributed by atoms with Gasteiger partial charge < -0.3 is 10.5 Å². The molecule has 3 nitrogen and oxygen atoms in total. The summed E-state index contributed by atoms with van der Waals surface area (Å²) in [6.07, 6.45) is 0.377. The molecule has 0 aromatic heterocycles. The van der Waals surface area contributed by atoms with Crippen LogP contribution in [-0.4, -0.2) is 12.0 Å². The monoisotopic (exact) mass is 441 g/mol. The summed E-state index contributed by atoms with van der Waals surface area (Å²) in [4.78, 5) is 13.4. The molecule has 4 aromatic rings. The molecule has 0 bridgehead atoms. The smallest absolute Gasteiger partial charge is 0.324 e. The molecule has 0 aliphatic rings. The van der Waals surface area contributed by atoms with Gasteiger partial charge in [-0.15, -0.1) is 0 Å². The molecular formula is C28H24ClNO2. The molecule has 32 heavy (non-hydrogen) atoms. The van der Waals surface area contributed by atoms with Crippen LogP contribution >= 0.6 is 11.6 Å². The highest BCUT2D eigenvalue weighted by Gasteiger charge is 2.42. The highest BCUT2D eigenvalue weighted by Crippen LogP contribution is 2.43. The number of hydrogen-bond acceptors (Lipinski definition) is 3. The van der Waals surface area contributed by atoms with Crippen molar-refractivity contribution in [3.63, 3.8) is 0 Å². The summed E-state index contributed by atoms with van der Waals surface area (Å²) in [5, 5.41) is 0.504. The zero-order valence-corrected chi connectivity index (χ0v) is 18.3. The van der Waals surface area contributed by atoms with Crippen molar-refractivity contribution in [3.8, 4) is 0 Å². The molecule has 0 radical (unpaired) electrons. The second-order valence-electron chi connectivity index (χ2n) is 7.61. The Morgan fingerprint density at radius 3 is 1.75 bits per heavy atom. The molecule has 2 N–H and O–H groups in total. The predicted molar refractivity (Wildman–Crippen MR) is 128 cm³/mol. The predicted octanol–water partition coefficient (Wildman–Crippen LogP) is 5.75. The molecule has 0 saturated heterocycles. The van der Waals surface area contributed by atoms with Crippen molar-refractivity contribution in [3.05, 3.63) is 143 Å². The van der Waals surface area contributed by atoms with Gasteiger partial charge in [0, 0.05) is 21.7 Å². The van der Waals surface area contributed by atoms with E-state index >= 15 is 0 Å². The highest BCUT2D eigenvalue weighted by molar-refractivity contribution is 6.31.